The summed E-state index contributed by atoms with van der Waals surface area (Å²) in [7, 11) is 0. The zero-order chi connectivity index (χ0) is 18.8. The largest absolute Gasteiger partial charge is 0.507 e. The minimum absolute atomic E-state index is 0.139. The first-order chi connectivity index (χ1) is 13.1. The molecule has 0 unspecified atom stereocenters. The lowest BCUT2D eigenvalue weighted by Gasteiger charge is -2.36. The van der Waals surface area contributed by atoms with E-state index in [4.69, 9.17) is 0 Å². The van der Waals surface area contributed by atoms with Gasteiger partial charge in [-0.15, -0.1) is 0 Å². The summed E-state index contributed by atoms with van der Waals surface area (Å²) in [6.07, 6.45) is 1.67. The quantitative estimate of drug-likeness (QED) is 0.807. The third kappa shape index (κ3) is 3.83. The number of carbonyl (C=O) groups excluding carboxylic acids is 1. The number of amidine groups is 1. The highest BCUT2D eigenvalue weighted by Gasteiger charge is 2.28. The highest BCUT2D eigenvalue weighted by atomic mass is 32.2. The first-order valence-corrected chi connectivity index (χ1v) is 9.48. The van der Waals surface area contributed by atoms with Crippen molar-refractivity contribution in [2.24, 2.45) is 4.99 Å². The summed E-state index contributed by atoms with van der Waals surface area (Å²) in [5, 5.41) is 10.6. The van der Waals surface area contributed by atoms with E-state index in [-0.39, 0.29) is 17.5 Å². The lowest BCUT2D eigenvalue weighted by molar-refractivity contribution is -0.113. The molecule has 1 amide bonds. The molecule has 0 radical (unpaired) electrons. The maximum atomic E-state index is 13.1. The van der Waals surface area contributed by atoms with Crippen LogP contribution in [0.15, 0.2) is 58.4 Å². The lowest BCUT2D eigenvalue weighted by Crippen LogP contribution is -2.47. The van der Waals surface area contributed by atoms with E-state index in [1.54, 1.807) is 36.4 Å². The molecule has 1 N–H and O–H groups in total. The van der Waals surface area contributed by atoms with Gasteiger partial charge >= 0.3 is 0 Å². The summed E-state index contributed by atoms with van der Waals surface area (Å²) in [4.78, 5) is 21.2. The average Bonchev–Trinajstić information content (AvgIpc) is 3.05. The molecule has 2 aliphatic heterocycles. The van der Waals surface area contributed by atoms with Gasteiger partial charge in [0, 0.05) is 37.4 Å². The van der Waals surface area contributed by atoms with Gasteiger partial charge < -0.3 is 14.9 Å². The van der Waals surface area contributed by atoms with Crippen LogP contribution in [0.25, 0.3) is 6.08 Å². The predicted molar refractivity (Wildman–Crippen MR) is 106 cm³/mol. The number of nitrogens with zero attached hydrogens (tertiary/aromatic N) is 3. The van der Waals surface area contributed by atoms with Crippen LogP contribution in [0, 0.1) is 5.82 Å². The maximum Gasteiger partial charge on any atom is 0.286 e. The van der Waals surface area contributed by atoms with Gasteiger partial charge in [0.1, 0.15) is 11.6 Å². The number of phenols is 1. The van der Waals surface area contributed by atoms with Gasteiger partial charge in [-0.2, -0.15) is 4.99 Å². The van der Waals surface area contributed by atoms with E-state index in [9.17, 15) is 14.3 Å². The van der Waals surface area contributed by atoms with Crippen molar-refractivity contribution in [1.29, 1.82) is 0 Å². The Bertz CT molecular complexity index is 919. The van der Waals surface area contributed by atoms with Gasteiger partial charge in [0.15, 0.2) is 5.17 Å². The average molecular weight is 383 g/mol. The summed E-state index contributed by atoms with van der Waals surface area (Å²) in [6.45, 7) is 3.02. The van der Waals surface area contributed by atoms with Crippen molar-refractivity contribution in [1.82, 2.24) is 4.90 Å². The Morgan fingerprint density at radius 1 is 1.00 bits per heavy atom. The van der Waals surface area contributed by atoms with E-state index in [1.165, 1.54) is 23.9 Å². The molecule has 0 saturated carbocycles. The van der Waals surface area contributed by atoms with Gasteiger partial charge in [0.05, 0.1) is 4.91 Å². The van der Waals surface area contributed by atoms with Crippen molar-refractivity contribution in [3.8, 4) is 5.75 Å². The molecule has 1 saturated heterocycles. The van der Waals surface area contributed by atoms with Crippen LogP contribution < -0.4 is 4.90 Å². The van der Waals surface area contributed by atoms with Gasteiger partial charge in [0.25, 0.3) is 5.91 Å². The van der Waals surface area contributed by atoms with Crippen LogP contribution in [0.4, 0.5) is 10.1 Å². The van der Waals surface area contributed by atoms with Crippen molar-refractivity contribution >= 4 is 34.6 Å². The van der Waals surface area contributed by atoms with E-state index in [2.05, 4.69) is 14.8 Å². The maximum absolute atomic E-state index is 13.1. The van der Waals surface area contributed by atoms with Gasteiger partial charge in [-0.1, -0.05) is 18.2 Å². The molecule has 2 aromatic carbocycles. The smallest absolute Gasteiger partial charge is 0.286 e. The first kappa shape index (κ1) is 17.6. The Labute approximate surface area is 160 Å². The number of thioether (sulfide) groups is 1. The number of anilines is 1. The number of phenolic OH excluding ortho intramolecular Hbond substituents is 1. The third-order valence-corrected chi connectivity index (χ3v) is 5.62. The lowest BCUT2D eigenvalue weighted by atomic mass is 10.2. The molecule has 0 aromatic heterocycles. The molecule has 2 heterocycles. The Morgan fingerprint density at radius 2 is 1.67 bits per heavy atom. The molecule has 7 heteroatoms. The van der Waals surface area contributed by atoms with E-state index in [1.807, 2.05) is 6.07 Å². The SMILES string of the molecule is O=C1N=C(N2CCN(c3ccc(F)cc3)CC2)S/C1=C\c1ccccc1O. The number of amides is 1. The van der Waals surface area contributed by atoms with Gasteiger partial charge in [-0.25, -0.2) is 4.39 Å². The number of hydrogen-bond donors (Lipinski definition) is 1. The van der Waals surface area contributed by atoms with Crippen LogP contribution in [-0.2, 0) is 4.79 Å². The zero-order valence-electron chi connectivity index (χ0n) is 14.5. The summed E-state index contributed by atoms with van der Waals surface area (Å²) in [5.74, 6) is -0.379. The summed E-state index contributed by atoms with van der Waals surface area (Å²) in [5.41, 5.74) is 1.60. The number of carbonyl (C=O) groups is 1. The molecule has 0 spiro atoms. The highest BCUT2D eigenvalue weighted by molar-refractivity contribution is 8.18. The Hall–Kier alpha value is -2.80. The Morgan fingerprint density at radius 3 is 2.37 bits per heavy atom. The Balaban J connectivity index is 1.41. The number of rotatable bonds is 2. The number of aliphatic imine (C=N–C) groups is 1. The second kappa shape index (κ2) is 7.44. The van der Waals surface area contributed by atoms with Gasteiger partial charge in [-0.3, -0.25) is 4.79 Å². The van der Waals surface area contributed by atoms with Crippen LogP contribution >= 0.6 is 11.8 Å². The van der Waals surface area contributed by atoms with E-state index in [0.29, 0.717) is 15.6 Å². The second-order valence-corrected chi connectivity index (χ2v) is 7.33. The van der Waals surface area contributed by atoms with E-state index >= 15 is 0 Å². The summed E-state index contributed by atoms with van der Waals surface area (Å²) in [6, 6.07) is 13.4. The van der Waals surface area contributed by atoms with Crippen molar-refractivity contribution in [3.63, 3.8) is 0 Å². The van der Waals surface area contributed by atoms with Gasteiger partial charge in [-0.05, 0) is 48.2 Å². The number of para-hydroxylation sites is 1. The number of piperazine rings is 1. The minimum atomic E-state index is -0.279. The normalized spacial score (nSPS) is 18.9. The molecule has 27 heavy (non-hydrogen) atoms. The monoisotopic (exact) mass is 383 g/mol. The molecule has 0 bridgehead atoms. The molecule has 5 nitrogen and oxygen atoms in total. The highest BCUT2D eigenvalue weighted by Crippen LogP contribution is 2.32. The molecule has 2 aromatic rings. The fourth-order valence-electron chi connectivity index (χ4n) is 3.09. The van der Waals surface area contributed by atoms with Crippen molar-refractivity contribution < 1.29 is 14.3 Å². The molecule has 138 valence electrons. The topological polar surface area (TPSA) is 56.1 Å². The standard InChI is InChI=1S/C20H18FN3O2S/c21-15-5-7-16(8-6-15)23-9-11-24(12-10-23)20-22-19(26)18(27-20)13-14-3-1-2-4-17(14)25/h1-8,13,25H,9-12H2/b18-13-. The Kier molecular flexibility index (Phi) is 4.85. The van der Waals surface area contributed by atoms with Crippen LogP contribution in [0.5, 0.6) is 5.75 Å². The van der Waals surface area contributed by atoms with Crippen molar-refractivity contribution in [2.75, 3.05) is 31.1 Å². The van der Waals surface area contributed by atoms with Crippen LogP contribution in [0.2, 0.25) is 0 Å². The molecule has 4 rings (SSSR count). The second-order valence-electron chi connectivity index (χ2n) is 6.32. The molecule has 1 fully saturated rings. The van der Waals surface area contributed by atoms with Crippen molar-refractivity contribution in [2.45, 2.75) is 0 Å². The predicted octanol–water partition coefficient (Wildman–Crippen LogP) is 3.32. The summed E-state index contributed by atoms with van der Waals surface area (Å²) >= 11 is 1.34. The fourth-order valence-corrected chi connectivity index (χ4v) is 4.05. The number of benzene rings is 2. The van der Waals surface area contributed by atoms with Gasteiger partial charge in [0.2, 0.25) is 0 Å². The fraction of sp³-hybridized carbons (Fsp3) is 0.200. The molecular formula is C20H18FN3O2S. The molecule has 2 aliphatic rings. The minimum Gasteiger partial charge on any atom is -0.507 e. The van der Waals surface area contributed by atoms with Crippen molar-refractivity contribution in [3.05, 3.63) is 64.8 Å². The van der Waals surface area contributed by atoms with Crippen LogP contribution in [-0.4, -0.2) is 47.3 Å². The number of halogens is 1. The van der Waals surface area contributed by atoms with E-state index < -0.39 is 0 Å². The van der Waals surface area contributed by atoms with E-state index in [0.717, 1.165) is 31.9 Å². The first-order valence-electron chi connectivity index (χ1n) is 8.66. The number of hydrogen-bond acceptors (Lipinski definition) is 5. The molecule has 0 atom stereocenters. The van der Waals surface area contributed by atoms with Crippen LogP contribution in [0.3, 0.4) is 0 Å². The van der Waals surface area contributed by atoms with Crippen LogP contribution in [0.1, 0.15) is 5.56 Å². The molecule has 0 aliphatic carbocycles. The molecular weight excluding hydrogens is 365 g/mol. The zero-order valence-corrected chi connectivity index (χ0v) is 15.3. The third-order valence-electron chi connectivity index (χ3n) is 4.57. The number of aromatic hydroxyl groups is 1. The summed E-state index contributed by atoms with van der Waals surface area (Å²) < 4.78 is 13.1.